The summed E-state index contributed by atoms with van der Waals surface area (Å²) in [5, 5.41) is 1.11. The molecule has 31 heavy (non-hydrogen) atoms. The second kappa shape index (κ2) is 10.1. The number of rotatable bonds is 7. The van der Waals surface area contributed by atoms with Crippen molar-refractivity contribution in [3.63, 3.8) is 0 Å². The molecule has 164 valence electrons. The van der Waals surface area contributed by atoms with E-state index in [-0.39, 0.29) is 5.91 Å². The fourth-order valence-electron chi connectivity index (χ4n) is 4.35. The van der Waals surface area contributed by atoms with Gasteiger partial charge in [-0.25, -0.2) is 4.98 Å². The fraction of sp³-hybridized carbons (Fsp3) is 0.480. The lowest BCUT2D eigenvalue weighted by molar-refractivity contribution is -0.122. The van der Waals surface area contributed by atoms with Crippen molar-refractivity contribution >= 4 is 57.0 Å². The number of pyridine rings is 1. The second-order valence-electron chi connectivity index (χ2n) is 8.49. The van der Waals surface area contributed by atoms with Crippen molar-refractivity contribution in [1.29, 1.82) is 0 Å². The van der Waals surface area contributed by atoms with Gasteiger partial charge in [0, 0.05) is 30.6 Å². The summed E-state index contributed by atoms with van der Waals surface area (Å²) in [6.45, 7) is 7.06. The second-order valence-corrected chi connectivity index (χ2v) is 10.2. The summed E-state index contributed by atoms with van der Waals surface area (Å²) in [6, 6.07) is 8.47. The normalized spacial score (nSPS) is 18.6. The Kier molecular flexibility index (Phi) is 7.28. The lowest BCUT2D eigenvalue weighted by Gasteiger charge is -2.29. The Hall–Kier alpha value is -1.92. The van der Waals surface area contributed by atoms with Crippen molar-refractivity contribution in [1.82, 2.24) is 9.88 Å². The third-order valence-corrected chi connectivity index (χ3v) is 7.48. The third-order valence-electron chi connectivity index (χ3n) is 6.11. The maximum absolute atomic E-state index is 13.1. The lowest BCUT2D eigenvalue weighted by Crippen LogP contribution is -2.31. The van der Waals surface area contributed by atoms with Gasteiger partial charge in [0.05, 0.1) is 10.4 Å². The van der Waals surface area contributed by atoms with Gasteiger partial charge in [0.1, 0.15) is 10.1 Å². The van der Waals surface area contributed by atoms with Crippen LogP contribution in [0.3, 0.4) is 0 Å². The quantitative estimate of drug-likeness (QED) is 0.279. The zero-order valence-corrected chi connectivity index (χ0v) is 20.2. The monoisotopic (exact) mass is 453 g/mol. The Morgan fingerprint density at radius 2 is 1.97 bits per heavy atom. The van der Waals surface area contributed by atoms with Crippen molar-refractivity contribution in [3.05, 3.63) is 40.3 Å². The van der Waals surface area contributed by atoms with Crippen molar-refractivity contribution in [3.8, 4) is 0 Å². The summed E-state index contributed by atoms with van der Waals surface area (Å²) in [5.41, 5.74) is 3.25. The highest BCUT2D eigenvalue weighted by Gasteiger charge is 2.32. The number of carbonyl (C=O) groups is 1. The number of unbranched alkanes of at least 4 members (excludes halogenated alkanes) is 3. The molecule has 4 rings (SSSR count). The van der Waals surface area contributed by atoms with Crippen molar-refractivity contribution in [2.75, 3.05) is 24.5 Å². The van der Waals surface area contributed by atoms with E-state index in [1.807, 2.05) is 6.08 Å². The van der Waals surface area contributed by atoms with E-state index in [0.29, 0.717) is 9.23 Å². The molecule has 0 unspecified atom stereocenters. The highest BCUT2D eigenvalue weighted by Crippen LogP contribution is 2.36. The Labute approximate surface area is 195 Å². The zero-order valence-electron chi connectivity index (χ0n) is 18.5. The average Bonchev–Trinajstić information content (AvgIpc) is 3.04. The molecule has 3 heterocycles. The maximum Gasteiger partial charge on any atom is 0.266 e. The van der Waals surface area contributed by atoms with E-state index < -0.39 is 0 Å². The van der Waals surface area contributed by atoms with Crippen molar-refractivity contribution in [2.24, 2.45) is 0 Å². The number of carbonyl (C=O) groups excluding carboxylic acids is 1. The molecule has 0 bridgehead atoms. The number of nitrogens with zero attached hydrogens (tertiary/aromatic N) is 3. The van der Waals surface area contributed by atoms with Gasteiger partial charge in [-0.15, -0.1) is 0 Å². The van der Waals surface area contributed by atoms with Crippen molar-refractivity contribution < 1.29 is 4.79 Å². The molecule has 0 aliphatic carbocycles. The number of thiocarbonyl (C=S) groups is 1. The Bertz CT molecular complexity index is 1010. The minimum Gasteiger partial charge on any atom is -0.356 e. The minimum absolute atomic E-state index is 0.0421. The van der Waals surface area contributed by atoms with Gasteiger partial charge in [-0.3, -0.25) is 9.69 Å². The lowest BCUT2D eigenvalue weighted by atomic mass is 10.1. The number of piperidine rings is 1. The summed E-state index contributed by atoms with van der Waals surface area (Å²) < 4.78 is 0.678. The van der Waals surface area contributed by atoms with Gasteiger partial charge < -0.3 is 4.90 Å². The first-order chi connectivity index (χ1) is 15.1. The molecule has 0 atom stereocenters. The molecule has 2 aromatic rings. The minimum atomic E-state index is 0.0421. The number of hydrogen-bond donors (Lipinski definition) is 0. The van der Waals surface area contributed by atoms with Crippen LogP contribution in [0.5, 0.6) is 0 Å². The van der Waals surface area contributed by atoms with Crippen LogP contribution in [0.2, 0.25) is 0 Å². The molecule has 0 radical (unpaired) electrons. The summed E-state index contributed by atoms with van der Waals surface area (Å²) in [4.78, 5) is 23.1. The van der Waals surface area contributed by atoms with E-state index in [9.17, 15) is 4.79 Å². The first kappa shape index (κ1) is 22.3. The summed E-state index contributed by atoms with van der Waals surface area (Å²) in [7, 11) is 0. The smallest absolute Gasteiger partial charge is 0.266 e. The first-order valence-electron chi connectivity index (χ1n) is 11.5. The van der Waals surface area contributed by atoms with Gasteiger partial charge in [0.15, 0.2) is 0 Å². The third kappa shape index (κ3) is 4.96. The van der Waals surface area contributed by atoms with Crippen LogP contribution in [-0.2, 0) is 4.79 Å². The van der Waals surface area contributed by atoms with Crippen LogP contribution in [0, 0.1) is 6.92 Å². The SMILES string of the molecule is CCCCCCN1C(=O)/C(=C/c2cc3cccc(C)c3nc2N2CCCCC2)SC1=S. The van der Waals surface area contributed by atoms with E-state index in [1.165, 1.54) is 49.4 Å². The molecule has 2 aliphatic heterocycles. The van der Waals surface area contributed by atoms with E-state index in [2.05, 4.69) is 43.0 Å². The predicted molar refractivity (Wildman–Crippen MR) is 137 cm³/mol. The highest BCUT2D eigenvalue weighted by molar-refractivity contribution is 8.26. The number of para-hydroxylation sites is 1. The topological polar surface area (TPSA) is 36.4 Å². The van der Waals surface area contributed by atoms with Crippen LogP contribution < -0.4 is 4.90 Å². The molecule has 1 amide bonds. The molecular weight excluding hydrogens is 422 g/mol. The van der Waals surface area contributed by atoms with E-state index >= 15 is 0 Å². The van der Waals surface area contributed by atoms with E-state index in [1.54, 1.807) is 4.90 Å². The van der Waals surface area contributed by atoms with Crippen molar-refractivity contribution in [2.45, 2.75) is 58.8 Å². The zero-order chi connectivity index (χ0) is 21.8. The predicted octanol–water partition coefficient (Wildman–Crippen LogP) is 6.32. The van der Waals surface area contributed by atoms with Gasteiger partial charge in [-0.1, -0.05) is 68.4 Å². The van der Waals surface area contributed by atoms with Crippen LogP contribution in [0.4, 0.5) is 5.82 Å². The first-order valence-corrected chi connectivity index (χ1v) is 12.7. The molecule has 2 aliphatic rings. The maximum atomic E-state index is 13.1. The average molecular weight is 454 g/mol. The van der Waals surface area contributed by atoms with E-state index in [4.69, 9.17) is 17.2 Å². The van der Waals surface area contributed by atoms with Gasteiger partial charge in [-0.2, -0.15) is 0 Å². The molecule has 4 nitrogen and oxygen atoms in total. The van der Waals surface area contributed by atoms with Crippen LogP contribution in [0.1, 0.15) is 63.0 Å². The number of hydrogen-bond acceptors (Lipinski definition) is 5. The number of amides is 1. The number of aromatic nitrogens is 1. The fourth-order valence-corrected chi connectivity index (χ4v) is 5.65. The molecule has 1 aromatic heterocycles. The summed E-state index contributed by atoms with van der Waals surface area (Å²) in [5.74, 6) is 1.04. The van der Waals surface area contributed by atoms with Gasteiger partial charge >= 0.3 is 0 Å². The summed E-state index contributed by atoms with van der Waals surface area (Å²) >= 11 is 6.97. The number of fused-ring (bicyclic) bond motifs is 1. The molecule has 2 saturated heterocycles. The number of anilines is 1. The van der Waals surface area contributed by atoms with Crippen LogP contribution in [0.25, 0.3) is 17.0 Å². The molecule has 2 fully saturated rings. The summed E-state index contributed by atoms with van der Waals surface area (Å²) in [6.07, 6.45) is 10.2. The standard InChI is InChI=1S/C25H31N3OS2/c1-3-4-5-9-15-28-24(29)21(31-25(28)30)17-20-16-19-12-10-11-18(2)22(19)26-23(20)27-13-7-6-8-14-27/h10-12,16-17H,3-9,13-15H2,1-2H3/b21-17-. The molecule has 0 spiro atoms. The number of benzene rings is 1. The Morgan fingerprint density at radius 1 is 1.16 bits per heavy atom. The van der Waals surface area contributed by atoms with E-state index in [0.717, 1.165) is 54.8 Å². The molecule has 1 aromatic carbocycles. The molecular formula is C25H31N3OS2. The largest absolute Gasteiger partial charge is 0.356 e. The number of aryl methyl sites for hydroxylation is 1. The Balaban J connectivity index is 1.67. The van der Waals surface area contributed by atoms with Gasteiger partial charge in [0.25, 0.3) is 5.91 Å². The van der Waals surface area contributed by atoms with Gasteiger partial charge in [0.2, 0.25) is 0 Å². The molecule has 0 saturated carbocycles. The number of thioether (sulfide) groups is 1. The van der Waals surface area contributed by atoms with Gasteiger partial charge in [-0.05, 0) is 50.3 Å². The van der Waals surface area contributed by atoms with Crippen LogP contribution in [-0.4, -0.2) is 39.7 Å². The highest BCUT2D eigenvalue weighted by atomic mass is 32.2. The molecule has 6 heteroatoms. The van der Waals surface area contributed by atoms with Crippen LogP contribution >= 0.6 is 24.0 Å². The Morgan fingerprint density at radius 3 is 2.74 bits per heavy atom. The van der Waals surface area contributed by atoms with Crippen LogP contribution in [0.15, 0.2) is 29.2 Å². The molecule has 0 N–H and O–H groups in total.